The van der Waals surface area contributed by atoms with Crippen molar-refractivity contribution in [1.82, 2.24) is 20.1 Å². The van der Waals surface area contributed by atoms with Crippen molar-refractivity contribution in [2.45, 2.75) is 52.7 Å². The number of nitrogens with zero attached hydrogens (tertiary/aromatic N) is 3. The predicted octanol–water partition coefficient (Wildman–Crippen LogP) is 2.14. The van der Waals surface area contributed by atoms with Crippen LogP contribution in [0.4, 0.5) is 5.69 Å². The third-order valence-corrected chi connectivity index (χ3v) is 7.49. The molecule has 170 valence electrons. The summed E-state index contributed by atoms with van der Waals surface area (Å²) in [6.07, 6.45) is 6.72. The molecule has 4 atom stereocenters. The fraction of sp³-hybridized carbons (Fsp3) is 0.522. The van der Waals surface area contributed by atoms with Gasteiger partial charge in [0, 0.05) is 25.0 Å². The number of amides is 1. The molecule has 2 aromatic rings. The molecule has 0 unspecified atom stereocenters. The standard InChI is InChI=1S/C23H29N5O4/c1-13-16-8-15(23(16,2)3)9-17(13)27-18-11-26-28(21(30)20(18)22(31)32)12-19(29)25-10-14-4-6-24-7-5-14/h4-7,11,13,15-17,27H,8-10,12H2,1-3H3,(H,25,29)(H,31,32)/t13-,15+,16-,17-/m1/s1. The van der Waals surface area contributed by atoms with Gasteiger partial charge in [0.15, 0.2) is 5.56 Å². The normalized spacial score (nSPS) is 25.5. The first-order valence-electron chi connectivity index (χ1n) is 10.9. The number of anilines is 1. The van der Waals surface area contributed by atoms with E-state index >= 15 is 0 Å². The lowest BCUT2D eigenvalue weighted by Gasteiger charge is -2.62. The van der Waals surface area contributed by atoms with Gasteiger partial charge in [0.1, 0.15) is 6.54 Å². The van der Waals surface area contributed by atoms with Crippen LogP contribution in [-0.2, 0) is 17.9 Å². The lowest BCUT2D eigenvalue weighted by Crippen LogP contribution is -2.58. The molecule has 2 aromatic heterocycles. The topological polar surface area (TPSA) is 126 Å². The molecule has 2 bridgehead atoms. The van der Waals surface area contributed by atoms with Gasteiger partial charge < -0.3 is 15.7 Å². The lowest BCUT2D eigenvalue weighted by molar-refractivity contribution is -0.122. The summed E-state index contributed by atoms with van der Waals surface area (Å²) in [5.41, 5.74) is 0.204. The van der Waals surface area contributed by atoms with E-state index in [0.717, 1.165) is 16.7 Å². The minimum Gasteiger partial charge on any atom is -0.477 e. The van der Waals surface area contributed by atoms with E-state index in [2.05, 4.69) is 41.5 Å². The Morgan fingerprint density at radius 3 is 2.59 bits per heavy atom. The van der Waals surface area contributed by atoms with E-state index in [1.165, 1.54) is 12.6 Å². The van der Waals surface area contributed by atoms with Gasteiger partial charge in [-0.2, -0.15) is 5.10 Å². The molecule has 0 aromatic carbocycles. The van der Waals surface area contributed by atoms with Crippen molar-refractivity contribution in [2.24, 2.45) is 23.2 Å². The molecular formula is C23H29N5O4. The van der Waals surface area contributed by atoms with Crippen LogP contribution in [0.25, 0.3) is 0 Å². The van der Waals surface area contributed by atoms with Gasteiger partial charge in [-0.3, -0.25) is 14.6 Å². The third kappa shape index (κ3) is 3.99. The number of hydrogen-bond acceptors (Lipinski definition) is 6. The van der Waals surface area contributed by atoms with Gasteiger partial charge in [0.2, 0.25) is 5.91 Å². The second-order valence-electron chi connectivity index (χ2n) is 9.54. The molecule has 9 nitrogen and oxygen atoms in total. The minimum absolute atomic E-state index is 0.0885. The van der Waals surface area contributed by atoms with Crippen LogP contribution in [0, 0.1) is 23.2 Å². The molecule has 0 saturated heterocycles. The van der Waals surface area contributed by atoms with Crippen LogP contribution in [0.15, 0.2) is 35.5 Å². The number of rotatable bonds is 7. The Hall–Kier alpha value is -3.23. The number of carbonyl (C=O) groups is 2. The molecule has 0 radical (unpaired) electrons. The van der Waals surface area contributed by atoms with Gasteiger partial charge in [0.25, 0.3) is 5.56 Å². The molecule has 5 rings (SSSR count). The van der Waals surface area contributed by atoms with Crippen LogP contribution in [0.3, 0.4) is 0 Å². The van der Waals surface area contributed by atoms with E-state index in [1.54, 1.807) is 24.5 Å². The van der Waals surface area contributed by atoms with E-state index in [-0.39, 0.29) is 30.4 Å². The molecule has 0 spiro atoms. The van der Waals surface area contributed by atoms with E-state index in [4.69, 9.17) is 0 Å². The minimum atomic E-state index is -1.33. The summed E-state index contributed by atoms with van der Waals surface area (Å²) in [7, 11) is 0. The van der Waals surface area contributed by atoms with Crippen molar-refractivity contribution >= 4 is 17.6 Å². The number of pyridine rings is 1. The Morgan fingerprint density at radius 1 is 1.25 bits per heavy atom. The summed E-state index contributed by atoms with van der Waals surface area (Å²) < 4.78 is 0.890. The average Bonchev–Trinajstić information content (AvgIpc) is 2.75. The Balaban J connectivity index is 1.47. The summed E-state index contributed by atoms with van der Waals surface area (Å²) in [6.45, 7) is 6.69. The molecule has 3 aliphatic rings. The quantitative estimate of drug-likeness (QED) is 0.603. The number of fused-ring (bicyclic) bond motifs is 2. The largest absolute Gasteiger partial charge is 0.477 e. The van der Waals surface area contributed by atoms with Crippen LogP contribution in [0.1, 0.15) is 49.5 Å². The van der Waals surface area contributed by atoms with Gasteiger partial charge in [-0.05, 0) is 53.7 Å². The van der Waals surface area contributed by atoms with Crippen LogP contribution in [-0.4, -0.2) is 37.8 Å². The van der Waals surface area contributed by atoms with Crippen LogP contribution in [0.5, 0.6) is 0 Å². The number of hydrogen-bond donors (Lipinski definition) is 3. The lowest BCUT2D eigenvalue weighted by atomic mass is 9.45. The van der Waals surface area contributed by atoms with Gasteiger partial charge >= 0.3 is 5.97 Å². The van der Waals surface area contributed by atoms with Crippen LogP contribution in [0.2, 0.25) is 0 Å². The molecule has 3 aliphatic carbocycles. The Labute approximate surface area is 186 Å². The molecule has 9 heteroatoms. The summed E-state index contributed by atoms with van der Waals surface area (Å²) in [6, 6.07) is 3.63. The number of aromatic nitrogens is 3. The maximum atomic E-state index is 12.8. The molecule has 3 saturated carbocycles. The van der Waals surface area contributed by atoms with Crippen LogP contribution >= 0.6 is 0 Å². The fourth-order valence-corrected chi connectivity index (χ4v) is 5.35. The van der Waals surface area contributed by atoms with E-state index in [1.807, 2.05) is 0 Å². The Bertz CT molecular complexity index is 1080. The predicted molar refractivity (Wildman–Crippen MR) is 118 cm³/mol. The van der Waals surface area contributed by atoms with Gasteiger partial charge in [0.05, 0.1) is 11.9 Å². The summed E-state index contributed by atoms with van der Waals surface area (Å²) in [5, 5.41) is 19.8. The highest BCUT2D eigenvalue weighted by Gasteiger charge is 2.56. The highest BCUT2D eigenvalue weighted by Crippen LogP contribution is 2.61. The number of carboxylic acids is 1. The zero-order valence-electron chi connectivity index (χ0n) is 18.5. The zero-order valence-corrected chi connectivity index (χ0v) is 18.5. The number of nitrogens with one attached hydrogen (secondary N) is 2. The fourth-order valence-electron chi connectivity index (χ4n) is 5.35. The first kappa shape index (κ1) is 22.0. The van der Waals surface area contributed by atoms with Gasteiger partial charge in [-0.15, -0.1) is 0 Å². The molecule has 3 N–H and O–H groups in total. The molecular weight excluding hydrogens is 410 g/mol. The van der Waals surface area contributed by atoms with Crippen molar-refractivity contribution in [3.8, 4) is 0 Å². The second kappa shape index (κ2) is 8.37. The SMILES string of the molecule is C[C@@H]1[C@H]2C[C@@H](C[C@H]1Nc1cnn(CC(=O)NCc3ccncc3)c(=O)c1C(=O)O)C2(C)C. The molecule has 32 heavy (non-hydrogen) atoms. The highest BCUT2D eigenvalue weighted by atomic mass is 16.4. The average molecular weight is 440 g/mol. The maximum absolute atomic E-state index is 12.8. The zero-order chi connectivity index (χ0) is 23.0. The first-order valence-corrected chi connectivity index (χ1v) is 10.9. The summed E-state index contributed by atoms with van der Waals surface area (Å²) in [4.78, 5) is 40.9. The first-order chi connectivity index (χ1) is 15.2. The van der Waals surface area contributed by atoms with Gasteiger partial charge in [-0.25, -0.2) is 9.48 Å². The molecule has 1 amide bonds. The molecule has 3 fully saturated rings. The third-order valence-electron chi connectivity index (χ3n) is 7.49. The monoisotopic (exact) mass is 439 g/mol. The number of carboxylic acid groups (broad SMARTS) is 1. The van der Waals surface area contributed by atoms with Crippen molar-refractivity contribution in [1.29, 1.82) is 0 Å². The van der Waals surface area contributed by atoms with E-state index < -0.39 is 17.4 Å². The van der Waals surface area contributed by atoms with Crippen molar-refractivity contribution in [3.05, 3.63) is 52.2 Å². The summed E-state index contributed by atoms with van der Waals surface area (Å²) in [5.74, 6) is -0.245. The van der Waals surface area contributed by atoms with Crippen molar-refractivity contribution < 1.29 is 14.7 Å². The Kier molecular flexibility index (Phi) is 5.75. The maximum Gasteiger partial charge on any atom is 0.343 e. The molecule has 0 aliphatic heterocycles. The van der Waals surface area contributed by atoms with E-state index in [0.29, 0.717) is 23.2 Å². The summed E-state index contributed by atoms with van der Waals surface area (Å²) >= 11 is 0. The Morgan fingerprint density at radius 2 is 1.97 bits per heavy atom. The highest BCUT2D eigenvalue weighted by molar-refractivity contribution is 5.93. The van der Waals surface area contributed by atoms with Crippen LogP contribution < -0.4 is 16.2 Å². The smallest absolute Gasteiger partial charge is 0.343 e. The van der Waals surface area contributed by atoms with Crippen molar-refractivity contribution in [3.63, 3.8) is 0 Å². The van der Waals surface area contributed by atoms with Gasteiger partial charge in [-0.1, -0.05) is 20.8 Å². The van der Waals surface area contributed by atoms with Crippen molar-refractivity contribution in [2.75, 3.05) is 5.32 Å². The second-order valence-corrected chi connectivity index (χ2v) is 9.54. The molecule has 2 heterocycles. The number of aromatic carboxylic acids is 1. The van der Waals surface area contributed by atoms with E-state index in [9.17, 15) is 19.5 Å². The number of carbonyl (C=O) groups excluding carboxylic acids is 1.